The Balaban J connectivity index is 2.70. The number of nitrogens with two attached hydrogens (primary N) is 1. The zero-order chi connectivity index (χ0) is 13.1. The molecule has 1 aliphatic rings. The van der Waals surface area contributed by atoms with Crippen LogP contribution in [-0.4, -0.2) is 53.4 Å². The van der Waals surface area contributed by atoms with E-state index < -0.39 is 11.6 Å². The lowest BCUT2D eigenvalue weighted by atomic mass is 10.0. The molecular weight excluding hydrogens is 220 g/mol. The van der Waals surface area contributed by atoms with Gasteiger partial charge < -0.3 is 20.5 Å². The molecule has 0 aromatic rings. The molecule has 0 aromatic heterocycles. The van der Waals surface area contributed by atoms with Gasteiger partial charge in [0.15, 0.2) is 0 Å². The number of rotatable bonds is 3. The highest BCUT2D eigenvalue weighted by molar-refractivity contribution is 5.82. The largest absolute Gasteiger partial charge is 0.394 e. The van der Waals surface area contributed by atoms with Crippen molar-refractivity contribution in [1.82, 2.24) is 4.90 Å². The molecule has 5 heteroatoms. The highest BCUT2D eigenvalue weighted by Crippen LogP contribution is 2.21. The maximum Gasteiger partial charge on any atom is 0.240 e. The first-order chi connectivity index (χ1) is 7.89. The average Bonchev–Trinajstić information content (AvgIpc) is 2.26. The summed E-state index contributed by atoms with van der Waals surface area (Å²) in [5.74, 6) is 2.20. The third kappa shape index (κ3) is 3.70. The molecule has 17 heavy (non-hydrogen) atoms. The number of ether oxygens (including phenoxy) is 1. The summed E-state index contributed by atoms with van der Waals surface area (Å²) >= 11 is 0. The van der Waals surface area contributed by atoms with Gasteiger partial charge in [-0.25, -0.2) is 0 Å². The molecule has 2 unspecified atom stereocenters. The van der Waals surface area contributed by atoms with Crippen LogP contribution in [0.1, 0.15) is 20.3 Å². The number of carbonyl (C=O) groups is 1. The quantitative estimate of drug-likeness (QED) is 0.642. The zero-order valence-electron chi connectivity index (χ0n) is 10.3. The number of hydrogen-bond donors (Lipinski definition) is 2. The fourth-order valence-electron chi connectivity index (χ4n) is 2.01. The Labute approximate surface area is 102 Å². The molecule has 0 aromatic carbocycles. The van der Waals surface area contributed by atoms with Gasteiger partial charge >= 0.3 is 0 Å². The molecule has 3 N–H and O–H groups in total. The molecule has 0 bridgehead atoms. The molecule has 1 aliphatic heterocycles. The normalized spacial score (nSPS) is 25.1. The van der Waals surface area contributed by atoms with Crippen molar-refractivity contribution < 1.29 is 14.6 Å². The molecule has 5 nitrogen and oxygen atoms in total. The lowest BCUT2D eigenvalue weighted by Crippen LogP contribution is -2.58. The first kappa shape index (κ1) is 14.0. The van der Waals surface area contributed by atoms with E-state index in [-0.39, 0.29) is 25.0 Å². The molecule has 2 atom stereocenters. The van der Waals surface area contributed by atoms with Gasteiger partial charge in [0.05, 0.1) is 24.4 Å². The third-order valence-electron chi connectivity index (χ3n) is 2.65. The maximum absolute atomic E-state index is 12.0. The van der Waals surface area contributed by atoms with Crippen LogP contribution in [0.25, 0.3) is 0 Å². The molecule has 1 heterocycles. The molecule has 1 rings (SSSR count). The number of amides is 1. The smallest absolute Gasteiger partial charge is 0.240 e. The first-order valence-corrected chi connectivity index (χ1v) is 5.66. The number of carbonyl (C=O) groups excluding carboxylic acids is 1. The number of aliphatic hydroxyl groups is 1. The number of nitrogens with zero attached hydrogens (tertiary/aromatic N) is 1. The second-order valence-electron chi connectivity index (χ2n) is 4.92. The van der Waals surface area contributed by atoms with Crippen LogP contribution >= 0.6 is 0 Å². The van der Waals surface area contributed by atoms with Crippen molar-refractivity contribution >= 4 is 5.91 Å². The lowest BCUT2D eigenvalue weighted by Gasteiger charge is -2.42. The van der Waals surface area contributed by atoms with Gasteiger partial charge in [-0.2, -0.15) is 0 Å². The van der Waals surface area contributed by atoms with E-state index in [1.807, 2.05) is 13.8 Å². The van der Waals surface area contributed by atoms with Gasteiger partial charge in [-0.3, -0.25) is 4.79 Å². The molecule has 0 saturated carbocycles. The van der Waals surface area contributed by atoms with Crippen molar-refractivity contribution in [1.29, 1.82) is 0 Å². The summed E-state index contributed by atoms with van der Waals surface area (Å²) in [4.78, 5) is 13.6. The van der Waals surface area contributed by atoms with Crippen molar-refractivity contribution in [2.75, 3.05) is 19.7 Å². The van der Waals surface area contributed by atoms with E-state index >= 15 is 0 Å². The summed E-state index contributed by atoms with van der Waals surface area (Å²) < 4.78 is 5.62. The minimum atomic E-state index is -0.673. The van der Waals surface area contributed by atoms with Gasteiger partial charge in [0.1, 0.15) is 0 Å². The first-order valence-electron chi connectivity index (χ1n) is 5.66. The van der Waals surface area contributed by atoms with E-state index in [1.165, 1.54) is 0 Å². The fraction of sp³-hybridized carbons (Fsp3) is 0.750. The number of terminal acetylenes is 1. The molecule has 96 valence electrons. The Morgan fingerprint density at radius 3 is 2.94 bits per heavy atom. The zero-order valence-corrected chi connectivity index (χ0v) is 10.3. The summed E-state index contributed by atoms with van der Waals surface area (Å²) in [5.41, 5.74) is 5.22. The Kier molecular flexibility index (Phi) is 4.52. The van der Waals surface area contributed by atoms with Gasteiger partial charge in [0, 0.05) is 19.5 Å². The molecule has 0 radical (unpaired) electrons. The highest BCUT2D eigenvalue weighted by atomic mass is 16.5. The van der Waals surface area contributed by atoms with Crippen LogP contribution in [0.5, 0.6) is 0 Å². The van der Waals surface area contributed by atoms with Crippen LogP contribution < -0.4 is 5.73 Å². The van der Waals surface area contributed by atoms with Crippen molar-refractivity contribution in [3.05, 3.63) is 0 Å². The van der Waals surface area contributed by atoms with Gasteiger partial charge in [-0.1, -0.05) is 0 Å². The molecule has 1 fully saturated rings. The SMILES string of the molecule is C#CCC(N)C(=O)N1CC(CO)OC(C)(C)C1. The summed E-state index contributed by atoms with van der Waals surface area (Å²) in [7, 11) is 0. The molecule has 1 saturated heterocycles. The monoisotopic (exact) mass is 240 g/mol. The van der Waals surface area contributed by atoms with Gasteiger partial charge in [-0.15, -0.1) is 12.3 Å². The second-order valence-corrected chi connectivity index (χ2v) is 4.92. The van der Waals surface area contributed by atoms with Crippen LogP contribution in [0, 0.1) is 12.3 Å². The van der Waals surface area contributed by atoms with E-state index in [0.29, 0.717) is 13.1 Å². The van der Waals surface area contributed by atoms with Gasteiger partial charge in [-0.05, 0) is 13.8 Å². The Morgan fingerprint density at radius 2 is 2.41 bits per heavy atom. The highest BCUT2D eigenvalue weighted by Gasteiger charge is 2.36. The fourth-order valence-corrected chi connectivity index (χ4v) is 2.01. The minimum absolute atomic E-state index is 0.114. The van der Waals surface area contributed by atoms with Crippen LogP contribution in [0.2, 0.25) is 0 Å². The van der Waals surface area contributed by atoms with Crippen molar-refractivity contribution in [3.63, 3.8) is 0 Å². The Morgan fingerprint density at radius 1 is 1.76 bits per heavy atom. The van der Waals surface area contributed by atoms with Crippen LogP contribution in [0.3, 0.4) is 0 Å². The van der Waals surface area contributed by atoms with Crippen molar-refractivity contribution in [2.45, 2.75) is 38.0 Å². The minimum Gasteiger partial charge on any atom is -0.394 e. The molecule has 1 amide bonds. The number of hydrogen-bond acceptors (Lipinski definition) is 4. The van der Waals surface area contributed by atoms with E-state index in [0.717, 1.165) is 0 Å². The standard InChI is InChI=1S/C12H20N2O3/c1-4-5-10(13)11(16)14-6-9(7-15)17-12(2,3)8-14/h1,9-10,15H,5-8,13H2,2-3H3. The Hall–Kier alpha value is -1.09. The molecule has 0 spiro atoms. The summed E-state index contributed by atoms with van der Waals surface area (Å²) in [6.07, 6.45) is 5.00. The summed E-state index contributed by atoms with van der Waals surface area (Å²) in [6, 6.07) is -0.673. The average molecular weight is 240 g/mol. The second kappa shape index (κ2) is 5.50. The van der Waals surface area contributed by atoms with E-state index in [1.54, 1.807) is 4.90 Å². The molecular formula is C12H20N2O3. The maximum atomic E-state index is 12.0. The predicted octanol–water partition coefficient (Wildman–Crippen LogP) is -0.665. The topological polar surface area (TPSA) is 75.8 Å². The van der Waals surface area contributed by atoms with Crippen molar-refractivity contribution in [3.8, 4) is 12.3 Å². The van der Waals surface area contributed by atoms with Gasteiger partial charge in [0.25, 0.3) is 0 Å². The van der Waals surface area contributed by atoms with E-state index in [4.69, 9.17) is 22.0 Å². The summed E-state index contributed by atoms with van der Waals surface area (Å²) in [6.45, 7) is 4.46. The van der Waals surface area contributed by atoms with Gasteiger partial charge in [0.2, 0.25) is 5.91 Å². The van der Waals surface area contributed by atoms with Crippen LogP contribution in [0.4, 0.5) is 0 Å². The molecule has 0 aliphatic carbocycles. The Bertz CT molecular complexity index is 322. The van der Waals surface area contributed by atoms with E-state index in [2.05, 4.69) is 5.92 Å². The predicted molar refractivity (Wildman–Crippen MR) is 64.0 cm³/mol. The van der Waals surface area contributed by atoms with Crippen molar-refractivity contribution in [2.24, 2.45) is 5.73 Å². The summed E-state index contributed by atoms with van der Waals surface area (Å²) in [5, 5.41) is 9.14. The van der Waals surface area contributed by atoms with Crippen LogP contribution in [0.15, 0.2) is 0 Å². The lowest BCUT2D eigenvalue weighted by molar-refractivity contribution is -0.167. The van der Waals surface area contributed by atoms with Crippen LogP contribution in [-0.2, 0) is 9.53 Å². The van der Waals surface area contributed by atoms with E-state index in [9.17, 15) is 4.79 Å². The third-order valence-corrected chi connectivity index (χ3v) is 2.65. The number of morpholine rings is 1. The number of aliphatic hydroxyl groups excluding tert-OH is 1.